The number of benzene rings is 1. The van der Waals surface area contributed by atoms with Crippen molar-refractivity contribution in [3.05, 3.63) is 53.0 Å². The first-order chi connectivity index (χ1) is 11.4. The molecule has 0 spiro atoms. The molecule has 128 valence electrons. The van der Waals surface area contributed by atoms with Gasteiger partial charge in [0.15, 0.2) is 0 Å². The van der Waals surface area contributed by atoms with Crippen molar-refractivity contribution in [2.45, 2.75) is 51.4 Å². The summed E-state index contributed by atoms with van der Waals surface area (Å²) in [5.41, 5.74) is 2.99. The van der Waals surface area contributed by atoms with Crippen molar-refractivity contribution in [1.29, 1.82) is 0 Å². The summed E-state index contributed by atoms with van der Waals surface area (Å²) < 4.78 is 5.23. The molecule has 5 nitrogen and oxygen atoms in total. The second-order valence-electron chi connectivity index (χ2n) is 7.34. The Morgan fingerprint density at radius 1 is 1.25 bits per heavy atom. The summed E-state index contributed by atoms with van der Waals surface area (Å²) in [5, 5.41) is 13.8. The van der Waals surface area contributed by atoms with Crippen molar-refractivity contribution >= 4 is 5.82 Å². The van der Waals surface area contributed by atoms with Crippen molar-refractivity contribution in [2.24, 2.45) is 0 Å². The second kappa shape index (κ2) is 6.49. The van der Waals surface area contributed by atoms with Crippen LogP contribution in [0.3, 0.4) is 0 Å². The predicted octanol–water partition coefficient (Wildman–Crippen LogP) is 2.99. The fourth-order valence-corrected chi connectivity index (χ4v) is 3.04. The van der Waals surface area contributed by atoms with Gasteiger partial charge in [-0.2, -0.15) is 0 Å². The van der Waals surface area contributed by atoms with Crippen molar-refractivity contribution in [2.75, 3.05) is 12.4 Å². The van der Waals surface area contributed by atoms with Gasteiger partial charge in [0.1, 0.15) is 11.6 Å². The molecule has 1 heterocycles. The molecule has 1 aliphatic carbocycles. The fraction of sp³-hybridized carbons (Fsp3) is 0.474. The Morgan fingerprint density at radius 3 is 2.71 bits per heavy atom. The second-order valence-corrected chi connectivity index (χ2v) is 7.34. The van der Waals surface area contributed by atoms with E-state index < -0.39 is 6.10 Å². The quantitative estimate of drug-likeness (QED) is 0.903. The van der Waals surface area contributed by atoms with E-state index in [4.69, 9.17) is 4.74 Å². The number of hydrogen-bond donors (Lipinski definition) is 2. The largest absolute Gasteiger partial charge is 0.390 e. The molecule has 0 saturated carbocycles. The van der Waals surface area contributed by atoms with Gasteiger partial charge in [0.25, 0.3) is 0 Å². The molecular weight excluding hydrogens is 302 g/mol. The number of aliphatic hydroxyl groups excluding tert-OH is 1. The van der Waals surface area contributed by atoms with E-state index >= 15 is 0 Å². The molecule has 2 N–H and O–H groups in total. The van der Waals surface area contributed by atoms with Crippen LogP contribution < -0.4 is 5.32 Å². The van der Waals surface area contributed by atoms with Crippen LogP contribution in [-0.4, -0.2) is 28.3 Å². The molecule has 5 heteroatoms. The average Bonchev–Trinajstić information content (AvgIpc) is 2.83. The number of aliphatic hydroxyl groups is 1. The van der Waals surface area contributed by atoms with Crippen LogP contribution in [0.5, 0.6) is 0 Å². The first-order valence-corrected chi connectivity index (χ1v) is 8.28. The van der Waals surface area contributed by atoms with Crippen molar-refractivity contribution in [3.63, 3.8) is 0 Å². The molecule has 0 unspecified atom stereocenters. The SMILES string of the molecule is COCc1cc(N[C@H]2c3ccccc3C[C@H]2O)nc(C(C)(C)C)n1. The standard InChI is InChI=1S/C19H25N3O2/c1-19(2,3)18-20-13(11-24-4)10-16(22-18)21-17-14-8-6-5-7-12(14)9-15(17)23/h5-8,10,15,17,23H,9,11H2,1-4H3,(H,20,21,22)/t15-,17+/m1/s1. The van der Waals surface area contributed by atoms with Gasteiger partial charge in [0.2, 0.25) is 0 Å². The lowest BCUT2D eigenvalue weighted by Crippen LogP contribution is -2.24. The van der Waals surface area contributed by atoms with Crippen LogP contribution >= 0.6 is 0 Å². The number of aromatic nitrogens is 2. The van der Waals surface area contributed by atoms with E-state index in [2.05, 4.69) is 48.2 Å². The highest BCUT2D eigenvalue weighted by Crippen LogP contribution is 2.34. The molecule has 1 aliphatic rings. The van der Waals surface area contributed by atoms with Gasteiger partial charge in [0.05, 0.1) is 24.4 Å². The van der Waals surface area contributed by atoms with Crippen molar-refractivity contribution < 1.29 is 9.84 Å². The third-order valence-electron chi connectivity index (χ3n) is 4.25. The number of methoxy groups -OCH3 is 1. The Bertz CT molecular complexity index is 725. The van der Waals surface area contributed by atoms with Gasteiger partial charge >= 0.3 is 0 Å². The molecule has 0 bridgehead atoms. The molecule has 3 rings (SSSR count). The zero-order valence-corrected chi connectivity index (χ0v) is 14.7. The van der Waals surface area contributed by atoms with Crippen molar-refractivity contribution in [3.8, 4) is 0 Å². The highest BCUT2D eigenvalue weighted by molar-refractivity contribution is 5.46. The summed E-state index contributed by atoms with van der Waals surface area (Å²) >= 11 is 0. The van der Waals surface area contributed by atoms with E-state index in [0.29, 0.717) is 13.0 Å². The first kappa shape index (κ1) is 16.9. The minimum Gasteiger partial charge on any atom is -0.390 e. The third-order valence-corrected chi connectivity index (χ3v) is 4.25. The van der Waals surface area contributed by atoms with E-state index in [1.807, 2.05) is 18.2 Å². The Balaban J connectivity index is 1.93. The molecule has 0 radical (unpaired) electrons. The van der Waals surface area contributed by atoms with E-state index in [1.54, 1.807) is 7.11 Å². The third kappa shape index (κ3) is 3.42. The van der Waals surface area contributed by atoms with Crippen LogP contribution in [0.15, 0.2) is 30.3 Å². The Labute approximate surface area is 143 Å². The molecule has 24 heavy (non-hydrogen) atoms. The molecule has 0 saturated heterocycles. The maximum Gasteiger partial charge on any atom is 0.136 e. The fourth-order valence-electron chi connectivity index (χ4n) is 3.04. The zero-order chi connectivity index (χ0) is 17.3. The number of ether oxygens (including phenoxy) is 1. The molecular formula is C19H25N3O2. The summed E-state index contributed by atoms with van der Waals surface area (Å²) in [7, 11) is 1.66. The molecule has 1 aromatic heterocycles. The lowest BCUT2D eigenvalue weighted by Gasteiger charge is -2.22. The Hall–Kier alpha value is -1.98. The van der Waals surface area contributed by atoms with Crippen LogP contribution in [0.2, 0.25) is 0 Å². The average molecular weight is 327 g/mol. The van der Waals surface area contributed by atoms with Gasteiger partial charge in [-0.15, -0.1) is 0 Å². The van der Waals surface area contributed by atoms with Crippen molar-refractivity contribution in [1.82, 2.24) is 9.97 Å². The lowest BCUT2D eigenvalue weighted by atomic mass is 9.95. The number of nitrogens with zero attached hydrogens (tertiary/aromatic N) is 2. The summed E-state index contributed by atoms with van der Waals surface area (Å²) in [4.78, 5) is 9.26. The molecule has 0 aliphatic heterocycles. The smallest absolute Gasteiger partial charge is 0.136 e. The topological polar surface area (TPSA) is 67.3 Å². The normalized spacial score (nSPS) is 20.0. The van der Waals surface area contributed by atoms with Crippen LogP contribution in [0.25, 0.3) is 0 Å². The monoisotopic (exact) mass is 327 g/mol. The van der Waals surface area contributed by atoms with E-state index in [9.17, 15) is 5.11 Å². The van der Waals surface area contributed by atoms with Gasteiger partial charge in [-0.05, 0) is 11.1 Å². The Kier molecular flexibility index (Phi) is 4.56. The minimum atomic E-state index is -0.457. The van der Waals surface area contributed by atoms with Crippen LogP contribution in [0.1, 0.15) is 49.5 Å². The number of anilines is 1. The number of fused-ring (bicyclic) bond motifs is 1. The van der Waals surface area contributed by atoms with Gasteiger partial charge in [-0.25, -0.2) is 9.97 Å². The van der Waals surface area contributed by atoms with Gasteiger partial charge in [-0.3, -0.25) is 0 Å². The summed E-state index contributed by atoms with van der Waals surface area (Å²) in [6.45, 7) is 6.69. The summed E-state index contributed by atoms with van der Waals surface area (Å²) in [6.07, 6.45) is 0.206. The predicted molar refractivity (Wildman–Crippen MR) is 94.0 cm³/mol. The number of rotatable bonds is 4. The summed E-state index contributed by atoms with van der Waals surface area (Å²) in [6, 6.07) is 9.88. The number of hydrogen-bond acceptors (Lipinski definition) is 5. The zero-order valence-electron chi connectivity index (χ0n) is 14.7. The van der Waals surface area contributed by atoms with E-state index in [0.717, 1.165) is 22.9 Å². The van der Waals surface area contributed by atoms with E-state index in [1.165, 1.54) is 5.56 Å². The van der Waals surface area contributed by atoms with Gasteiger partial charge in [0, 0.05) is 25.0 Å². The maximum atomic E-state index is 10.4. The van der Waals surface area contributed by atoms with Gasteiger partial charge < -0.3 is 15.2 Å². The van der Waals surface area contributed by atoms with Gasteiger partial charge in [-0.1, -0.05) is 45.0 Å². The minimum absolute atomic E-state index is 0.153. The van der Waals surface area contributed by atoms with Crippen LogP contribution in [-0.2, 0) is 23.2 Å². The van der Waals surface area contributed by atoms with Crippen LogP contribution in [0, 0.1) is 0 Å². The maximum absolute atomic E-state index is 10.4. The lowest BCUT2D eigenvalue weighted by molar-refractivity contribution is 0.165. The highest BCUT2D eigenvalue weighted by atomic mass is 16.5. The molecule has 2 atom stereocenters. The number of nitrogens with one attached hydrogen (secondary N) is 1. The Morgan fingerprint density at radius 2 is 2.00 bits per heavy atom. The molecule has 0 amide bonds. The highest BCUT2D eigenvalue weighted by Gasteiger charge is 2.31. The first-order valence-electron chi connectivity index (χ1n) is 8.28. The van der Waals surface area contributed by atoms with E-state index in [-0.39, 0.29) is 11.5 Å². The van der Waals surface area contributed by atoms with Crippen LogP contribution in [0.4, 0.5) is 5.82 Å². The molecule has 2 aromatic rings. The molecule has 1 aromatic carbocycles. The summed E-state index contributed by atoms with van der Waals surface area (Å²) in [5.74, 6) is 1.49. The molecule has 0 fully saturated rings.